The molecule has 2 heterocycles. The number of nitrogens with two attached hydrogens (primary N) is 1. The molecular weight excluding hydrogens is 1080 g/mol. The van der Waals surface area contributed by atoms with Gasteiger partial charge in [0, 0.05) is 77.8 Å². The molecule has 0 bridgehead atoms. The first-order chi connectivity index (χ1) is 38.5. The van der Waals surface area contributed by atoms with Crippen molar-refractivity contribution in [3.8, 4) is 11.5 Å². The molecule has 2 fully saturated rings. The summed E-state index contributed by atoms with van der Waals surface area (Å²) in [6, 6.07) is 12.0. The molecule has 2 saturated carbocycles. The number of hydrogen-bond acceptors (Lipinski definition) is 11. The molecule has 4 aliphatic rings. The van der Waals surface area contributed by atoms with E-state index in [-0.39, 0.29) is 79.8 Å². The normalized spacial score (nSPS) is 20.4. The summed E-state index contributed by atoms with van der Waals surface area (Å²) < 4.78 is 113. The van der Waals surface area contributed by atoms with E-state index in [1.165, 1.54) is 37.5 Å². The number of anilines is 2. The van der Waals surface area contributed by atoms with Gasteiger partial charge in [0.25, 0.3) is 23.6 Å². The van der Waals surface area contributed by atoms with E-state index in [1.54, 1.807) is 50.0 Å². The Morgan fingerprint density at radius 3 is 1.43 bits per heavy atom. The van der Waals surface area contributed by atoms with Gasteiger partial charge in [0.05, 0.1) is 33.6 Å². The molecule has 0 unspecified atom stereocenters. The van der Waals surface area contributed by atoms with Gasteiger partial charge in [-0.15, -0.1) is 0 Å². The zero-order chi connectivity index (χ0) is 60.5. The van der Waals surface area contributed by atoms with Crippen LogP contribution >= 0.6 is 0 Å². The number of alkyl halides is 6. The Morgan fingerprint density at radius 2 is 1.06 bits per heavy atom. The van der Waals surface area contributed by atoms with Crippen molar-refractivity contribution in [2.45, 2.75) is 174 Å². The molecule has 2 aliphatic carbocycles. The van der Waals surface area contributed by atoms with E-state index < -0.39 is 75.5 Å². The highest BCUT2D eigenvalue weighted by atomic mass is 19.4. The first-order valence-electron chi connectivity index (χ1n) is 28.3. The van der Waals surface area contributed by atoms with Crippen LogP contribution in [-0.2, 0) is 42.8 Å². The maximum absolute atomic E-state index is 14.5. The van der Waals surface area contributed by atoms with Crippen molar-refractivity contribution in [1.29, 1.82) is 0 Å². The molecule has 22 heteroatoms. The van der Waals surface area contributed by atoms with E-state index >= 15 is 0 Å². The van der Waals surface area contributed by atoms with E-state index in [9.17, 15) is 50.3 Å². The average molecular weight is 1160 g/mol. The lowest BCUT2D eigenvalue weighted by Crippen LogP contribution is -2.54. The van der Waals surface area contributed by atoms with E-state index in [0.717, 1.165) is 81.2 Å². The molecule has 5 amide bonds. The Hall–Kier alpha value is -6.13. The van der Waals surface area contributed by atoms with Crippen molar-refractivity contribution in [3.05, 3.63) is 82.4 Å². The van der Waals surface area contributed by atoms with E-state index in [2.05, 4.69) is 5.32 Å². The number of halogens is 6. The summed E-state index contributed by atoms with van der Waals surface area (Å²) in [6.07, 6.45) is -2.22. The largest absolute Gasteiger partial charge is 0.476 e. The molecule has 16 nitrogen and oxygen atoms in total. The Balaban J connectivity index is 0.000000272. The maximum Gasteiger partial charge on any atom is 0.417 e. The summed E-state index contributed by atoms with van der Waals surface area (Å²) in [5.41, 5.74) is 0.602. The molecular formula is C60H82F6N6O10. The number of nitrogens with zero attached hydrogens (tertiary/aromatic N) is 4. The first-order valence-corrected chi connectivity index (χ1v) is 28.3. The van der Waals surface area contributed by atoms with Crippen LogP contribution in [0, 0.1) is 11.8 Å². The van der Waals surface area contributed by atoms with Crippen LogP contribution in [-0.4, -0.2) is 129 Å². The summed E-state index contributed by atoms with van der Waals surface area (Å²) in [5, 5.41) is 2.59. The zero-order valence-electron chi connectivity index (χ0n) is 48.9. The molecule has 3 N–H and O–H groups in total. The van der Waals surface area contributed by atoms with Gasteiger partial charge in [-0.1, -0.05) is 30.3 Å². The van der Waals surface area contributed by atoms with Crippen molar-refractivity contribution in [2.75, 3.05) is 63.4 Å². The predicted molar refractivity (Wildman–Crippen MR) is 298 cm³/mol. The zero-order valence-corrected chi connectivity index (χ0v) is 48.9. The summed E-state index contributed by atoms with van der Waals surface area (Å²) in [4.78, 5) is 72.4. The summed E-state index contributed by atoms with van der Waals surface area (Å²) in [5.74, 6) is -1.71. The number of hydrogen-bond donors (Lipinski definition) is 2. The third-order valence-corrected chi connectivity index (χ3v) is 15.7. The fourth-order valence-corrected chi connectivity index (χ4v) is 11.6. The molecule has 454 valence electrons. The predicted octanol–water partition coefficient (Wildman–Crippen LogP) is 11.2. The van der Waals surface area contributed by atoms with Crippen LogP contribution in [0.1, 0.15) is 157 Å². The van der Waals surface area contributed by atoms with Crippen LogP contribution < -0.4 is 30.3 Å². The van der Waals surface area contributed by atoms with Gasteiger partial charge >= 0.3 is 18.4 Å². The number of rotatable bonds is 19. The average Bonchev–Trinajstić information content (AvgIpc) is 3.61. The first kappa shape index (κ1) is 65.0. The van der Waals surface area contributed by atoms with Gasteiger partial charge in [-0.2, -0.15) is 26.3 Å². The summed E-state index contributed by atoms with van der Waals surface area (Å²) in [6.45, 7) is 14.6. The standard InChI is InChI=1S/C34H44F3N3O6.C26H38F3N3O4/c1-22(2)40(25-13-11-23(12-14-25)15-18-44-5)30(41)26-19-28-29(20-27(26)34(35,36)37)46-33(3,4)31(42)39(28)17-16-38-32(43)45-21-24-9-7-6-8-10-24;1-16(2)32(18-8-6-17(7-9-18)10-13-35-5)23(33)19-14-21-22(15-20(19)26(27,28)29)36-25(3,4)24(34)31(21)12-11-30/h6-10,19-20,22-23,25H,11-18,21H2,1-5H3,(H,38,43);14-18H,6-13,30H2,1-5H3. The van der Waals surface area contributed by atoms with Crippen LogP contribution in [0.15, 0.2) is 54.6 Å². The Bertz CT molecular complexity index is 2690. The third kappa shape index (κ3) is 15.7. The number of ether oxygens (including phenoxy) is 5. The van der Waals surface area contributed by atoms with Crippen molar-refractivity contribution in [3.63, 3.8) is 0 Å². The molecule has 0 radical (unpaired) electrons. The third-order valence-electron chi connectivity index (χ3n) is 15.7. The number of benzene rings is 3. The van der Waals surface area contributed by atoms with Gasteiger partial charge in [0.15, 0.2) is 11.2 Å². The maximum atomic E-state index is 14.5. The number of methoxy groups -OCH3 is 2. The topological polar surface area (TPSA) is 183 Å². The summed E-state index contributed by atoms with van der Waals surface area (Å²) in [7, 11) is 3.32. The number of nitrogens with one attached hydrogen (secondary N) is 1. The molecule has 0 saturated heterocycles. The molecule has 0 aromatic heterocycles. The molecule has 0 spiro atoms. The molecule has 3 aromatic carbocycles. The van der Waals surface area contributed by atoms with Crippen molar-refractivity contribution in [2.24, 2.45) is 17.6 Å². The van der Waals surface area contributed by atoms with E-state index in [4.69, 9.17) is 29.4 Å². The molecule has 3 aromatic rings. The van der Waals surface area contributed by atoms with Crippen LogP contribution in [0.5, 0.6) is 11.5 Å². The Kier molecular flexibility index (Phi) is 21.8. The van der Waals surface area contributed by atoms with Gasteiger partial charge in [0.1, 0.15) is 18.1 Å². The second kappa shape index (κ2) is 27.5. The number of carbonyl (C=O) groups is 5. The highest BCUT2D eigenvalue weighted by molar-refractivity contribution is 6.06. The summed E-state index contributed by atoms with van der Waals surface area (Å²) >= 11 is 0. The number of carbonyl (C=O) groups excluding carboxylic acids is 5. The lowest BCUT2D eigenvalue weighted by atomic mass is 9.83. The number of fused-ring (bicyclic) bond motifs is 2. The highest BCUT2D eigenvalue weighted by Gasteiger charge is 2.48. The Morgan fingerprint density at radius 1 is 0.659 bits per heavy atom. The fraction of sp³-hybridized carbons (Fsp3) is 0.617. The van der Waals surface area contributed by atoms with Gasteiger partial charge in [-0.25, -0.2) is 4.79 Å². The van der Waals surface area contributed by atoms with Crippen LogP contribution in [0.3, 0.4) is 0 Å². The minimum atomic E-state index is -4.86. The highest BCUT2D eigenvalue weighted by Crippen LogP contribution is 2.47. The number of amides is 5. The fourth-order valence-electron chi connectivity index (χ4n) is 11.6. The van der Waals surface area contributed by atoms with E-state index in [1.807, 2.05) is 32.0 Å². The van der Waals surface area contributed by atoms with Crippen molar-refractivity contribution < 1.29 is 74.0 Å². The minimum Gasteiger partial charge on any atom is -0.476 e. The molecule has 0 atom stereocenters. The lowest BCUT2D eigenvalue weighted by Gasteiger charge is -2.41. The molecule has 2 aliphatic heterocycles. The van der Waals surface area contributed by atoms with Gasteiger partial charge in [0.2, 0.25) is 0 Å². The SMILES string of the molecule is COCCC1CCC(N(C(=O)c2cc3c(cc2C(F)(F)F)OC(C)(C)C(=O)N3CCN)C(C)C)CC1.COCCC1CCC(N(C(=O)c2cc3c(cc2C(F)(F)F)OC(C)(C)C(=O)N3CCNC(=O)OCc2ccccc2)C(C)C)CC1. The quantitative estimate of drug-likeness (QED) is 0.109. The van der Waals surface area contributed by atoms with Crippen molar-refractivity contribution in [1.82, 2.24) is 15.1 Å². The van der Waals surface area contributed by atoms with Crippen LogP contribution in [0.4, 0.5) is 42.5 Å². The minimum absolute atomic E-state index is 0.0344. The Labute approximate surface area is 477 Å². The van der Waals surface area contributed by atoms with Crippen LogP contribution in [0.2, 0.25) is 0 Å². The second-order valence-electron chi connectivity index (χ2n) is 23.2. The smallest absolute Gasteiger partial charge is 0.417 e. The van der Waals surface area contributed by atoms with Crippen molar-refractivity contribution >= 4 is 41.1 Å². The monoisotopic (exact) mass is 1160 g/mol. The van der Waals surface area contributed by atoms with E-state index in [0.29, 0.717) is 37.9 Å². The lowest BCUT2D eigenvalue weighted by molar-refractivity contribution is -0.139. The van der Waals surface area contributed by atoms with Crippen LogP contribution in [0.25, 0.3) is 0 Å². The molecule has 7 rings (SSSR count). The second-order valence-corrected chi connectivity index (χ2v) is 23.2. The van der Waals surface area contributed by atoms with Gasteiger partial charge in [-0.05, 0) is 161 Å². The van der Waals surface area contributed by atoms with Gasteiger partial charge < -0.3 is 54.3 Å². The van der Waals surface area contributed by atoms with Gasteiger partial charge in [-0.3, -0.25) is 19.2 Å². The molecule has 82 heavy (non-hydrogen) atoms. The number of alkyl carbamates (subject to hydrolysis) is 1.